The van der Waals surface area contributed by atoms with E-state index in [-0.39, 0.29) is 22.8 Å². The summed E-state index contributed by atoms with van der Waals surface area (Å²) in [7, 11) is 0. The van der Waals surface area contributed by atoms with Crippen molar-refractivity contribution in [1.82, 2.24) is 0 Å². The molecule has 25 heavy (non-hydrogen) atoms. The van der Waals surface area contributed by atoms with Gasteiger partial charge in [-0.3, -0.25) is 4.99 Å². The van der Waals surface area contributed by atoms with E-state index in [9.17, 15) is 13.2 Å². The van der Waals surface area contributed by atoms with E-state index < -0.39 is 6.36 Å². The first kappa shape index (κ1) is 17.1. The van der Waals surface area contributed by atoms with Crippen molar-refractivity contribution < 1.29 is 17.9 Å². The Hall–Kier alpha value is -2.70. The lowest BCUT2D eigenvalue weighted by atomic mass is 9.96. The number of hydrogen-bond donors (Lipinski definition) is 2. The van der Waals surface area contributed by atoms with Crippen molar-refractivity contribution >= 4 is 11.6 Å². The van der Waals surface area contributed by atoms with Gasteiger partial charge >= 0.3 is 6.36 Å². The van der Waals surface area contributed by atoms with Gasteiger partial charge in [-0.15, -0.1) is 13.2 Å². The standard InChI is InChI=1S/C18H18F3N3O/c19-18(20,21)25-15-9-5-4-8-14(15)24-16(22)23-12-17(10-11-17)13-6-2-1-3-7-13/h1-9H,10-12H2,(H3,22,23,24). The summed E-state index contributed by atoms with van der Waals surface area (Å²) in [6, 6.07) is 15.7. The maximum Gasteiger partial charge on any atom is 0.573 e. The first-order valence-electron chi connectivity index (χ1n) is 7.85. The second-order valence-electron chi connectivity index (χ2n) is 6.02. The first-order valence-corrected chi connectivity index (χ1v) is 7.85. The molecule has 0 aromatic heterocycles. The molecule has 0 unspecified atom stereocenters. The number of guanidine groups is 1. The highest BCUT2D eigenvalue weighted by Gasteiger charge is 2.43. The Bertz CT molecular complexity index is 756. The van der Waals surface area contributed by atoms with Crippen LogP contribution in [0.5, 0.6) is 5.75 Å². The largest absolute Gasteiger partial charge is 0.573 e. The molecule has 1 aliphatic carbocycles. The minimum absolute atomic E-state index is 0.0183. The Morgan fingerprint density at radius 3 is 2.36 bits per heavy atom. The number of halogens is 3. The molecule has 0 bridgehead atoms. The Balaban J connectivity index is 1.69. The molecule has 0 atom stereocenters. The van der Waals surface area contributed by atoms with Gasteiger partial charge in [-0.05, 0) is 30.5 Å². The molecule has 2 aromatic rings. The summed E-state index contributed by atoms with van der Waals surface area (Å²) in [5.41, 5.74) is 7.15. The van der Waals surface area contributed by atoms with Crippen LogP contribution < -0.4 is 15.8 Å². The van der Waals surface area contributed by atoms with E-state index in [2.05, 4.69) is 27.2 Å². The third kappa shape index (κ3) is 4.43. The molecule has 1 aliphatic rings. The normalized spacial score (nSPS) is 16.4. The minimum Gasteiger partial charge on any atom is -0.404 e. The van der Waals surface area contributed by atoms with Crippen LogP contribution in [0.2, 0.25) is 0 Å². The highest BCUT2D eigenvalue weighted by molar-refractivity contribution is 5.93. The Kier molecular flexibility index (Phi) is 4.57. The molecule has 132 valence electrons. The zero-order chi connectivity index (χ0) is 17.9. The lowest BCUT2D eigenvalue weighted by molar-refractivity contribution is -0.274. The number of hydrogen-bond acceptors (Lipinski definition) is 2. The third-order valence-corrected chi connectivity index (χ3v) is 4.17. The highest BCUT2D eigenvalue weighted by atomic mass is 19.4. The fourth-order valence-corrected chi connectivity index (χ4v) is 2.68. The van der Waals surface area contributed by atoms with E-state index in [4.69, 9.17) is 5.73 Å². The number of alkyl halides is 3. The molecule has 3 N–H and O–H groups in total. The molecular formula is C18H18F3N3O. The average molecular weight is 349 g/mol. The average Bonchev–Trinajstić information content (AvgIpc) is 3.36. The lowest BCUT2D eigenvalue weighted by Crippen LogP contribution is -2.26. The molecule has 0 heterocycles. The van der Waals surface area contributed by atoms with E-state index in [1.165, 1.54) is 23.8 Å². The van der Waals surface area contributed by atoms with Crippen LogP contribution in [0, 0.1) is 0 Å². The number of nitrogens with one attached hydrogen (secondary N) is 1. The van der Waals surface area contributed by atoms with Crippen LogP contribution in [0.1, 0.15) is 18.4 Å². The van der Waals surface area contributed by atoms with Crippen molar-refractivity contribution in [2.45, 2.75) is 24.6 Å². The summed E-state index contributed by atoms with van der Waals surface area (Å²) in [6.45, 7) is 0.484. The first-order chi connectivity index (χ1) is 11.9. The topological polar surface area (TPSA) is 59.6 Å². The van der Waals surface area contributed by atoms with E-state index >= 15 is 0 Å². The van der Waals surface area contributed by atoms with E-state index in [1.54, 1.807) is 6.07 Å². The Labute approximate surface area is 143 Å². The van der Waals surface area contributed by atoms with Gasteiger partial charge in [0.1, 0.15) is 0 Å². The Morgan fingerprint density at radius 2 is 1.72 bits per heavy atom. The molecule has 1 fully saturated rings. The summed E-state index contributed by atoms with van der Waals surface area (Å²) < 4.78 is 41.3. The molecule has 0 aliphatic heterocycles. The SMILES string of the molecule is NC(=NCC1(c2ccccc2)CC1)Nc1ccccc1OC(F)(F)F. The number of ether oxygens (including phenoxy) is 1. The van der Waals surface area contributed by atoms with Gasteiger partial charge in [0.15, 0.2) is 11.7 Å². The number of para-hydroxylation sites is 2. The molecule has 0 amide bonds. The highest BCUT2D eigenvalue weighted by Crippen LogP contribution is 2.48. The van der Waals surface area contributed by atoms with Crippen LogP contribution in [-0.2, 0) is 5.41 Å². The van der Waals surface area contributed by atoms with E-state index in [0.717, 1.165) is 12.8 Å². The lowest BCUT2D eigenvalue weighted by Gasteiger charge is -2.15. The molecule has 7 heteroatoms. The van der Waals surface area contributed by atoms with Gasteiger partial charge in [-0.1, -0.05) is 42.5 Å². The molecule has 4 nitrogen and oxygen atoms in total. The van der Waals surface area contributed by atoms with Crippen molar-refractivity contribution in [3.8, 4) is 5.75 Å². The fraction of sp³-hybridized carbons (Fsp3) is 0.278. The van der Waals surface area contributed by atoms with Gasteiger partial charge in [0.05, 0.1) is 12.2 Å². The monoisotopic (exact) mass is 349 g/mol. The van der Waals surface area contributed by atoms with Crippen LogP contribution in [0.15, 0.2) is 59.6 Å². The predicted molar refractivity (Wildman–Crippen MR) is 90.6 cm³/mol. The molecular weight excluding hydrogens is 331 g/mol. The quantitative estimate of drug-likeness (QED) is 0.633. The smallest absolute Gasteiger partial charge is 0.404 e. The number of benzene rings is 2. The predicted octanol–water partition coefficient (Wildman–Crippen LogP) is 4.04. The van der Waals surface area contributed by atoms with Gasteiger partial charge < -0.3 is 15.8 Å². The molecule has 0 saturated heterocycles. The van der Waals surface area contributed by atoms with Gasteiger partial charge in [0.2, 0.25) is 0 Å². The van der Waals surface area contributed by atoms with E-state index in [1.807, 2.05) is 18.2 Å². The number of nitrogens with zero attached hydrogens (tertiary/aromatic N) is 1. The summed E-state index contributed by atoms with van der Waals surface area (Å²) in [5, 5.41) is 2.69. The molecule has 1 saturated carbocycles. The van der Waals surface area contributed by atoms with Crippen LogP contribution in [0.3, 0.4) is 0 Å². The second-order valence-corrected chi connectivity index (χ2v) is 6.02. The van der Waals surface area contributed by atoms with Gasteiger partial charge in [-0.25, -0.2) is 0 Å². The van der Waals surface area contributed by atoms with Crippen LogP contribution in [-0.4, -0.2) is 18.9 Å². The summed E-state index contributed by atoms with van der Waals surface area (Å²) in [5.74, 6) is -0.294. The molecule has 3 rings (SSSR count). The zero-order valence-corrected chi connectivity index (χ0v) is 13.4. The van der Waals surface area contributed by atoms with Crippen molar-refractivity contribution in [2.24, 2.45) is 10.7 Å². The van der Waals surface area contributed by atoms with Crippen molar-refractivity contribution in [1.29, 1.82) is 0 Å². The number of rotatable bonds is 5. The minimum atomic E-state index is -4.77. The summed E-state index contributed by atoms with van der Waals surface area (Å²) in [6.07, 6.45) is -2.74. The van der Waals surface area contributed by atoms with Crippen molar-refractivity contribution in [2.75, 3.05) is 11.9 Å². The fourth-order valence-electron chi connectivity index (χ4n) is 2.68. The summed E-state index contributed by atoms with van der Waals surface area (Å²) >= 11 is 0. The third-order valence-electron chi connectivity index (χ3n) is 4.17. The zero-order valence-electron chi connectivity index (χ0n) is 13.4. The van der Waals surface area contributed by atoms with Gasteiger partial charge in [-0.2, -0.15) is 0 Å². The maximum atomic E-state index is 12.4. The molecule has 0 spiro atoms. The number of nitrogens with two attached hydrogens (primary N) is 1. The van der Waals surface area contributed by atoms with Crippen LogP contribution in [0.4, 0.5) is 18.9 Å². The van der Waals surface area contributed by atoms with Crippen LogP contribution in [0.25, 0.3) is 0 Å². The number of aliphatic imine (C=N–C) groups is 1. The molecule has 2 aromatic carbocycles. The number of anilines is 1. The second kappa shape index (κ2) is 6.66. The van der Waals surface area contributed by atoms with Gasteiger partial charge in [0, 0.05) is 5.41 Å². The van der Waals surface area contributed by atoms with Gasteiger partial charge in [0.25, 0.3) is 0 Å². The van der Waals surface area contributed by atoms with E-state index in [0.29, 0.717) is 6.54 Å². The molecule has 0 radical (unpaired) electrons. The van der Waals surface area contributed by atoms with Crippen molar-refractivity contribution in [3.05, 3.63) is 60.2 Å². The van der Waals surface area contributed by atoms with Crippen LogP contribution >= 0.6 is 0 Å². The Morgan fingerprint density at radius 1 is 1.08 bits per heavy atom. The van der Waals surface area contributed by atoms with Crippen molar-refractivity contribution in [3.63, 3.8) is 0 Å². The summed E-state index contributed by atoms with van der Waals surface area (Å²) in [4.78, 5) is 4.31. The maximum absolute atomic E-state index is 12.4.